The highest BCUT2D eigenvalue weighted by Crippen LogP contribution is 2.32. The Balaban J connectivity index is 2.51. The van der Waals surface area contributed by atoms with Gasteiger partial charge in [0.15, 0.2) is 21.5 Å². The highest BCUT2D eigenvalue weighted by Gasteiger charge is 2.17. The second-order valence-electron chi connectivity index (χ2n) is 4.36. The number of anilines is 3. The zero-order valence-electron chi connectivity index (χ0n) is 10.8. The van der Waals surface area contributed by atoms with Gasteiger partial charge in [-0.15, -0.1) is 0 Å². The number of halogens is 3. The molecule has 0 saturated heterocycles. The molecule has 0 amide bonds. The highest BCUT2D eigenvalue weighted by molar-refractivity contribution is 9.10. The Bertz CT molecular complexity index is 787. The second kappa shape index (κ2) is 5.61. The maximum absolute atomic E-state index is 13.8. The van der Waals surface area contributed by atoms with Crippen molar-refractivity contribution < 1.29 is 17.2 Å². The van der Waals surface area contributed by atoms with Crippen LogP contribution < -0.4 is 11.1 Å². The van der Waals surface area contributed by atoms with E-state index in [1.54, 1.807) is 0 Å². The minimum Gasteiger partial charge on any atom is -0.396 e. The zero-order chi connectivity index (χ0) is 15.8. The molecule has 3 N–H and O–H groups in total. The van der Waals surface area contributed by atoms with Crippen molar-refractivity contribution in [3.8, 4) is 0 Å². The van der Waals surface area contributed by atoms with Gasteiger partial charge in [0, 0.05) is 10.7 Å². The van der Waals surface area contributed by atoms with Crippen molar-refractivity contribution in [3.63, 3.8) is 0 Å². The summed E-state index contributed by atoms with van der Waals surface area (Å²) in [5, 5.41) is 2.49. The summed E-state index contributed by atoms with van der Waals surface area (Å²) in [7, 11) is -3.54. The van der Waals surface area contributed by atoms with E-state index in [0.29, 0.717) is 0 Å². The molecule has 0 spiro atoms. The van der Waals surface area contributed by atoms with Gasteiger partial charge in [-0.3, -0.25) is 0 Å². The minimum atomic E-state index is -3.54. The Morgan fingerprint density at radius 3 is 2.29 bits per heavy atom. The van der Waals surface area contributed by atoms with Gasteiger partial charge in [0.1, 0.15) is 5.69 Å². The summed E-state index contributed by atoms with van der Waals surface area (Å²) in [4.78, 5) is -0.106. The third-order valence-corrected chi connectivity index (χ3v) is 4.34. The predicted octanol–water partition coefficient (Wildman–Crippen LogP) is 3.46. The van der Waals surface area contributed by atoms with Gasteiger partial charge in [-0.1, -0.05) is 22.0 Å². The normalized spacial score (nSPS) is 11.4. The Labute approximate surface area is 129 Å². The number of nitrogen functional groups attached to an aromatic ring is 1. The van der Waals surface area contributed by atoms with Crippen molar-refractivity contribution in [2.24, 2.45) is 0 Å². The summed E-state index contributed by atoms with van der Waals surface area (Å²) >= 11 is 2.97. The van der Waals surface area contributed by atoms with E-state index in [2.05, 4.69) is 21.2 Å². The van der Waals surface area contributed by atoms with Crippen LogP contribution in [-0.2, 0) is 9.84 Å². The smallest absolute Gasteiger partial charge is 0.177 e. The maximum Gasteiger partial charge on any atom is 0.177 e. The van der Waals surface area contributed by atoms with E-state index in [1.165, 1.54) is 18.2 Å². The fraction of sp³-hybridized carbons (Fsp3) is 0.0769. The number of hydrogen-bond donors (Lipinski definition) is 2. The molecule has 0 bridgehead atoms. The first-order chi connectivity index (χ1) is 9.70. The Morgan fingerprint density at radius 2 is 1.76 bits per heavy atom. The van der Waals surface area contributed by atoms with Crippen molar-refractivity contribution in [3.05, 3.63) is 46.4 Å². The lowest BCUT2D eigenvalue weighted by molar-refractivity contribution is 0.589. The Morgan fingerprint density at radius 1 is 1.19 bits per heavy atom. The molecule has 2 aromatic carbocycles. The quantitative estimate of drug-likeness (QED) is 0.804. The number of sulfone groups is 1. The number of nitrogens with two attached hydrogens (primary N) is 1. The van der Waals surface area contributed by atoms with Crippen molar-refractivity contribution in [1.29, 1.82) is 0 Å². The largest absolute Gasteiger partial charge is 0.396 e. The summed E-state index contributed by atoms with van der Waals surface area (Å²) in [6.45, 7) is 0. The molecule has 21 heavy (non-hydrogen) atoms. The molecule has 0 aliphatic rings. The van der Waals surface area contributed by atoms with Gasteiger partial charge in [-0.25, -0.2) is 17.2 Å². The molecule has 0 unspecified atom stereocenters. The third-order valence-electron chi connectivity index (χ3n) is 2.73. The average Bonchev–Trinajstić information content (AvgIpc) is 2.33. The van der Waals surface area contributed by atoms with Crippen LogP contribution in [0.15, 0.2) is 39.7 Å². The molecule has 4 nitrogen and oxygen atoms in total. The van der Waals surface area contributed by atoms with Crippen LogP contribution in [0.1, 0.15) is 0 Å². The summed E-state index contributed by atoms with van der Waals surface area (Å²) < 4.78 is 50.9. The van der Waals surface area contributed by atoms with Crippen LogP contribution >= 0.6 is 15.9 Å². The highest BCUT2D eigenvalue weighted by atomic mass is 79.9. The first-order valence-corrected chi connectivity index (χ1v) is 8.38. The molecule has 0 fully saturated rings. The number of rotatable bonds is 3. The van der Waals surface area contributed by atoms with Crippen molar-refractivity contribution >= 4 is 42.8 Å². The SMILES string of the molecule is CS(=O)(=O)c1cccc(Nc2c(F)cc(Br)cc2F)c1N. The van der Waals surface area contributed by atoms with Gasteiger partial charge in [-0.05, 0) is 24.3 Å². The second-order valence-corrected chi connectivity index (χ2v) is 7.26. The van der Waals surface area contributed by atoms with E-state index in [0.717, 1.165) is 18.4 Å². The first kappa shape index (κ1) is 15.7. The molecule has 0 aromatic heterocycles. The van der Waals surface area contributed by atoms with E-state index in [-0.39, 0.29) is 20.7 Å². The number of para-hydroxylation sites is 1. The molecule has 0 aliphatic heterocycles. The number of benzene rings is 2. The molecule has 2 rings (SSSR count). The van der Waals surface area contributed by atoms with Crippen molar-refractivity contribution in [2.75, 3.05) is 17.3 Å². The Hall–Kier alpha value is -1.67. The van der Waals surface area contributed by atoms with Crippen molar-refractivity contribution in [2.45, 2.75) is 4.90 Å². The lowest BCUT2D eigenvalue weighted by Crippen LogP contribution is -2.06. The summed E-state index contributed by atoms with van der Waals surface area (Å²) in [6.07, 6.45) is 1.00. The topological polar surface area (TPSA) is 72.2 Å². The van der Waals surface area contributed by atoms with E-state index in [9.17, 15) is 17.2 Å². The maximum atomic E-state index is 13.8. The zero-order valence-corrected chi connectivity index (χ0v) is 13.2. The monoisotopic (exact) mass is 376 g/mol. The summed E-state index contributed by atoms with van der Waals surface area (Å²) in [5.74, 6) is -1.66. The lowest BCUT2D eigenvalue weighted by atomic mass is 10.2. The molecule has 0 heterocycles. The van der Waals surface area contributed by atoms with Crippen LogP contribution in [0.5, 0.6) is 0 Å². The standard InChI is InChI=1S/C13H11BrF2N2O2S/c1-21(19,20)11-4-2-3-10(12(11)17)18-13-8(15)5-7(14)6-9(13)16/h2-6,18H,17H2,1H3. The van der Waals surface area contributed by atoms with Crippen LogP contribution in [0.3, 0.4) is 0 Å². The first-order valence-electron chi connectivity index (χ1n) is 5.70. The van der Waals surface area contributed by atoms with Gasteiger partial charge in [-0.2, -0.15) is 0 Å². The molecular formula is C13H11BrF2N2O2S. The molecule has 0 radical (unpaired) electrons. The fourth-order valence-corrected chi connectivity index (χ4v) is 3.01. The van der Waals surface area contributed by atoms with Gasteiger partial charge < -0.3 is 11.1 Å². The predicted molar refractivity (Wildman–Crippen MR) is 81.3 cm³/mol. The van der Waals surface area contributed by atoms with Crippen LogP contribution in [0, 0.1) is 11.6 Å². The van der Waals surface area contributed by atoms with Crippen LogP contribution in [0.2, 0.25) is 0 Å². The van der Waals surface area contributed by atoms with E-state index < -0.39 is 27.2 Å². The Kier molecular flexibility index (Phi) is 4.20. The molecular weight excluding hydrogens is 366 g/mol. The van der Waals surface area contributed by atoms with Gasteiger partial charge in [0.25, 0.3) is 0 Å². The molecule has 0 aliphatic carbocycles. The molecule has 0 atom stereocenters. The molecule has 8 heteroatoms. The van der Waals surface area contributed by atoms with E-state index in [4.69, 9.17) is 5.73 Å². The molecule has 0 saturated carbocycles. The van der Waals surface area contributed by atoms with Crippen molar-refractivity contribution in [1.82, 2.24) is 0 Å². The summed E-state index contributed by atoms with van der Waals surface area (Å²) in [5.41, 5.74) is 5.36. The van der Waals surface area contributed by atoms with Crippen LogP contribution in [-0.4, -0.2) is 14.7 Å². The molecule has 2 aromatic rings. The van der Waals surface area contributed by atoms with E-state index in [1.807, 2.05) is 0 Å². The van der Waals surface area contributed by atoms with Gasteiger partial charge in [0.2, 0.25) is 0 Å². The van der Waals surface area contributed by atoms with Crippen LogP contribution in [0.25, 0.3) is 0 Å². The number of nitrogens with one attached hydrogen (secondary N) is 1. The van der Waals surface area contributed by atoms with E-state index >= 15 is 0 Å². The fourth-order valence-electron chi connectivity index (χ4n) is 1.77. The van der Waals surface area contributed by atoms with Gasteiger partial charge >= 0.3 is 0 Å². The third kappa shape index (κ3) is 3.33. The summed E-state index contributed by atoms with van der Waals surface area (Å²) in [6, 6.07) is 6.36. The average molecular weight is 377 g/mol. The van der Waals surface area contributed by atoms with Gasteiger partial charge in [0.05, 0.1) is 16.3 Å². The molecule has 112 valence electrons. The van der Waals surface area contributed by atoms with Crippen LogP contribution in [0.4, 0.5) is 25.8 Å². The minimum absolute atomic E-state index is 0.0956. The number of hydrogen-bond acceptors (Lipinski definition) is 4. The lowest BCUT2D eigenvalue weighted by Gasteiger charge is -2.13.